The number of rotatable bonds is 6. The fourth-order valence-electron chi connectivity index (χ4n) is 3.01. The third kappa shape index (κ3) is 3.51. The van der Waals surface area contributed by atoms with Gasteiger partial charge in [0.1, 0.15) is 0 Å². The molecule has 1 saturated carbocycles. The molecule has 24 heavy (non-hydrogen) atoms. The summed E-state index contributed by atoms with van der Waals surface area (Å²) in [6, 6.07) is 7.00. The van der Waals surface area contributed by atoms with E-state index in [-0.39, 0.29) is 36.3 Å². The molecule has 0 spiro atoms. The van der Waals surface area contributed by atoms with Gasteiger partial charge in [0.25, 0.3) is 0 Å². The standard InChI is InChI=1S/C16H24N2O4S2/c1-2-3-14-4-6-15(7-5-14)23(19,20)17-10-12-18(13-11-17)24(21,22)16-8-9-16/h4-7,16H,2-3,8-13H2,1H3. The fourth-order valence-corrected chi connectivity index (χ4v) is 6.26. The lowest BCUT2D eigenvalue weighted by molar-refractivity contribution is 0.272. The zero-order valence-electron chi connectivity index (χ0n) is 13.9. The van der Waals surface area contributed by atoms with Crippen LogP contribution in [0.2, 0.25) is 0 Å². The van der Waals surface area contributed by atoms with E-state index in [4.69, 9.17) is 0 Å². The van der Waals surface area contributed by atoms with Crippen LogP contribution in [0.3, 0.4) is 0 Å². The molecule has 0 radical (unpaired) electrons. The summed E-state index contributed by atoms with van der Waals surface area (Å²) in [5.74, 6) is 0. The van der Waals surface area contributed by atoms with Crippen LogP contribution in [0.25, 0.3) is 0 Å². The first-order valence-electron chi connectivity index (χ1n) is 8.44. The Kier molecular flexibility index (Phi) is 5.01. The van der Waals surface area contributed by atoms with E-state index in [0.29, 0.717) is 0 Å². The van der Waals surface area contributed by atoms with Crippen LogP contribution < -0.4 is 0 Å². The molecule has 1 aliphatic carbocycles. The van der Waals surface area contributed by atoms with Crippen LogP contribution in [-0.2, 0) is 26.5 Å². The van der Waals surface area contributed by atoms with Crippen molar-refractivity contribution in [2.75, 3.05) is 26.2 Å². The van der Waals surface area contributed by atoms with Crippen molar-refractivity contribution in [1.82, 2.24) is 8.61 Å². The molecule has 0 amide bonds. The fraction of sp³-hybridized carbons (Fsp3) is 0.625. The van der Waals surface area contributed by atoms with Crippen molar-refractivity contribution in [3.05, 3.63) is 29.8 Å². The summed E-state index contributed by atoms with van der Waals surface area (Å²) in [5.41, 5.74) is 1.12. The molecule has 8 heteroatoms. The number of benzene rings is 1. The highest BCUT2D eigenvalue weighted by Crippen LogP contribution is 2.31. The Hall–Kier alpha value is -0.960. The summed E-state index contributed by atoms with van der Waals surface area (Å²) >= 11 is 0. The maximum absolute atomic E-state index is 12.7. The van der Waals surface area contributed by atoms with Gasteiger partial charge in [-0.3, -0.25) is 0 Å². The molecule has 1 aromatic rings. The Morgan fingerprint density at radius 3 is 1.96 bits per heavy atom. The van der Waals surface area contributed by atoms with Gasteiger partial charge in [-0.15, -0.1) is 0 Å². The normalized spacial score (nSPS) is 21.0. The highest BCUT2D eigenvalue weighted by atomic mass is 32.2. The molecule has 6 nitrogen and oxygen atoms in total. The molecular weight excluding hydrogens is 348 g/mol. The van der Waals surface area contributed by atoms with E-state index in [1.54, 1.807) is 12.1 Å². The van der Waals surface area contributed by atoms with Crippen molar-refractivity contribution < 1.29 is 16.8 Å². The number of aryl methyl sites for hydroxylation is 1. The van der Waals surface area contributed by atoms with Crippen LogP contribution in [0.5, 0.6) is 0 Å². The van der Waals surface area contributed by atoms with E-state index >= 15 is 0 Å². The van der Waals surface area contributed by atoms with Crippen molar-refractivity contribution in [2.24, 2.45) is 0 Å². The molecule has 1 aliphatic heterocycles. The van der Waals surface area contributed by atoms with Gasteiger partial charge in [-0.2, -0.15) is 8.61 Å². The molecule has 3 rings (SSSR count). The number of hydrogen-bond acceptors (Lipinski definition) is 4. The zero-order valence-corrected chi connectivity index (χ0v) is 15.5. The SMILES string of the molecule is CCCc1ccc(S(=O)(=O)N2CCN(S(=O)(=O)C3CC3)CC2)cc1. The number of nitrogens with zero attached hydrogens (tertiary/aromatic N) is 2. The number of sulfonamides is 2. The van der Waals surface area contributed by atoms with E-state index in [2.05, 4.69) is 6.92 Å². The average molecular weight is 373 g/mol. The number of hydrogen-bond donors (Lipinski definition) is 0. The van der Waals surface area contributed by atoms with Crippen molar-refractivity contribution in [3.8, 4) is 0 Å². The van der Waals surface area contributed by atoms with E-state index in [0.717, 1.165) is 31.2 Å². The maximum atomic E-state index is 12.7. The third-order valence-corrected chi connectivity index (χ3v) is 8.91. The lowest BCUT2D eigenvalue weighted by Crippen LogP contribution is -2.51. The summed E-state index contributed by atoms with van der Waals surface area (Å²) in [7, 11) is -6.78. The van der Waals surface area contributed by atoms with Crippen LogP contribution >= 0.6 is 0 Å². The minimum atomic E-state index is -3.56. The van der Waals surface area contributed by atoms with Gasteiger partial charge in [0.15, 0.2) is 0 Å². The molecule has 0 N–H and O–H groups in total. The molecule has 2 fully saturated rings. The quantitative estimate of drug-likeness (QED) is 0.757. The van der Waals surface area contributed by atoms with Crippen LogP contribution in [0.4, 0.5) is 0 Å². The van der Waals surface area contributed by atoms with Crippen molar-refractivity contribution in [1.29, 1.82) is 0 Å². The third-order valence-electron chi connectivity index (χ3n) is 4.60. The molecule has 0 atom stereocenters. The van der Waals surface area contributed by atoms with Gasteiger partial charge in [-0.1, -0.05) is 25.5 Å². The van der Waals surface area contributed by atoms with Crippen LogP contribution in [0.1, 0.15) is 31.7 Å². The van der Waals surface area contributed by atoms with Crippen LogP contribution in [-0.4, -0.2) is 56.9 Å². The first-order chi connectivity index (χ1) is 11.4. The molecule has 0 bridgehead atoms. The maximum Gasteiger partial charge on any atom is 0.243 e. The average Bonchev–Trinajstić information content (AvgIpc) is 3.41. The van der Waals surface area contributed by atoms with Gasteiger partial charge in [0.05, 0.1) is 10.1 Å². The number of piperazine rings is 1. The molecule has 0 aromatic heterocycles. The van der Waals surface area contributed by atoms with Crippen LogP contribution in [0, 0.1) is 0 Å². The summed E-state index contributed by atoms with van der Waals surface area (Å²) in [4.78, 5) is 0.279. The van der Waals surface area contributed by atoms with E-state index in [1.165, 1.54) is 8.61 Å². The minimum absolute atomic E-state index is 0.213. The Bertz CT molecular complexity index is 776. The van der Waals surface area contributed by atoms with Gasteiger partial charge in [-0.05, 0) is 37.0 Å². The summed E-state index contributed by atoms with van der Waals surface area (Å²) in [6.07, 6.45) is 3.40. The van der Waals surface area contributed by atoms with Crippen LogP contribution in [0.15, 0.2) is 29.2 Å². The lowest BCUT2D eigenvalue weighted by atomic mass is 10.1. The molecule has 1 aromatic carbocycles. The highest BCUT2D eigenvalue weighted by molar-refractivity contribution is 7.90. The first-order valence-corrected chi connectivity index (χ1v) is 11.4. The zero-order chi connectivity index (χ0) is 17.4. The topological polar surface area (TPSA) is 74.8 Å². The Morgan fingerprint density at radius 1 is 0.917 bits per heavy atom. The van der Waals surface area contributed by atoms with Gasteiger partial charge in [0.2, 0.25) is 20.0 Å². The predicted octanol–water partition coefficient (Wildman–Crippen LogP) is 1.44. The van der Waals surface area contributed by atoms with Gasteiger partial charge in [-0.25, -0.2) is 16.8 Å². The van der Waals surface area contributed by atoms with Gasteiger partial charge < -0.3 is 0 Å². The lowest BCUT2D eigenvalue weighted by Gasteiger charge is -2.33. The van der Waals surface area contributed by atoms with Gasteiger partial charge in [0, 0.05) is 26.2 Å². The second-order valence-electron chi connectivity index (χ2n) is 6.44. The Morgan fingerprint density at radius 2 is 1.46 bits per heavy atom. The molecule has 1 heterocycles. The van der Waals surface area contributed by atoms with Crippen molar-refractivity contribution >= 4 is 20.0 Å². The van der Waals surface area contributed by atoms with Crippen molar-refractivity contribution in [3.63, 3.8) is 0 Å². The predicted molar refractivity (Wildman–Crippen MR) is 92.7 cm³/mol. The molecular formula is C16H24N2O4S2. The van der Waals surface area contributed by atoms with Crippen molar-refractivity contribution in [2.45, 2.75) is 42.8 Å². The second kappa shape index (κ2) is 6.74. The smallest absolute Gasteiger partial charge is 0.212 e. The minimum Gasteiger partial charge on any atom is -0.212 e. The van der Waals surface area contributed by atoms with E-state index in [9.17, 15) is 16.8 Å². The molecule has 1 saturated heterocycles. The largest absolute Gasteiger partial charge is 0.243 e. The Labute approximate surface area is 144 Å². The van der Waals surface area contributed by atoms with Gasteiger partial charge >= 0.3 is 0 Å². The highest BCUT2D eigenvalue weighted by Gasteiger charge is 2.42. The Balaban J connectivity index is 1.68. The molecule has 0 unspecified atom stereocenters. The summed E-state index contributed by atoms with van der Waals surface area (Å²) in [6.45, 7) is 2.99. The van der Waals surface area contributed by atoms with E-state index < -0.39 is 20.0 Å². The summed E-state index contributed by atoms with van der Waals surface area (Å²) < 4.78 is 52.7. The summed E-state index contributed by atoms with van der Waals surface area (Å²) in [5, 5.41) is -0.244. The first kappa shape index (κ1) is 17.8. The molecule has 134 valence electrons. The second-order valence-corrected chi connectivity index (χ2v) is 10.6. The monoisotopic (exact) mass is 372 g/mol. The van der Waals surface area contributed by atoms with E-state index in [1.807, 2.05) is 12.1 Å². The molecule has 2 aliphatic rings.